The average molecular weight is 196 g/mol. The van der Waals surface area contributed by atoms with Gasteiger partial charge < -0.3 is 15.3 Å². The van der Waals surface area contributed by atoms with Gasteiger partial charge in [0.15, 0.2) is 0 Å². The molecule has 0 aliphatic carbocycles. The molecule has 5 heteroatoms. The summed E-state index contributed by atoms with van der Waals surface area (Å²) in [6, 6.07) is 1.77. The molecule has 0 radical (unpaired) electrons. The van der Waals surface area contributed by atoms with Crippen LogP contribution in [0, 0.1) is 0 Å². The van der Waals surface area contributed by atoms with E-state index in [1.165, 1.54) is 0 Å². The largest absolute Gasteiger partial charge is 0.392 e. The van der Waals surface area contributed by atoms with Crippen molar-refractivity contribution in [3.05, 3.63) is 12.3 Å². The first-order valence-corrected chi connectivity index (χ1v) is 4.52. The molecule has 1 rings (SSSR count). The van der Waals surface area contributed by atoms with Gasteiger partial charge in [0.25, 0.3) is 0 Å². The molecule has 0 aliphatic rings. The summed E-state index contributed by atoms with van der Waals surface area (Å²) >= 11 is 0. The summed E-state index contributed by atoms with van der Waals surface area (Å²) in [6.45, 7) is 2.21. The highest BCUT2D eigenvalue weighted by Crippen LogP contribution is 2.07. The Hall–Kier alpha value is -1.36. The van der Waals surface area contributed by atoms with E-state index in [0.717, 1.165) is 5.82 Å². The molecule has 1 unspecified atom stereocenters. The molecule has 5 nitrogen and oxygen atoms in total. The zero-order chi connectivity index (χ0) is 10.6. The predicted molar refractivity (Wildman–Crippen MR) is 56.5 cm³/mol. The molecule has 0 aliphatic heterocycles. The van der Waals surface area contributed by atoms with Crippen molar-refractivity contribution >= 4 is 11.8 Å². The van der Waals surface area contributed by atoms with Crippen molar-refractivity contribution in [1.82, 2.24) is 9.97 Å². The van der Waals surface area contributed by atoms with Gasteiger partial charge in [-0.1, -0.05) is 0 Å². The highest BCUT2D eigenvalue weighted by molar-refractivity contribution is 5.40. The second-order valence-corrected chi connectivity index (χ2v) is 3.37. The summed E-state index contributed by atoms with van der Waals surface area (Å²) < 4.78 is 0. The maximum absolute atomic E-state index is 9.08. The highest BCUT2D eigenvalue weighted by Gasteiger charge is 2.01. The van der Waals surface area contributed by atoms with Gasteiger partial charge in [-0.2, -0.15) is 4.98 Å². The van der Waals surface area contributed by atoms with Gasteiger partial charge in [0.05, 0.1) is 6.10 Å². The quantitative estimate of drug-likeness (QED) is 0.727. The Labute approximate surface area is 83.8 Å². The van der Waals surface area contributed by atoms with E-state index in [4.69, 9.17) is 5.11 Å². The van der Waals surface area contributed by atoms with Crippen LogP contribution in [0.15, 0.2) is 12.3 Å². The molecule has 14 heavy (non-hydrogen) atoms. The van der Waals surface area contributed by atoms with Crippen molar-refractivity contribution in [2.75, 3.05) is 30.9 Å². The van der Waals surface area contributed by atoms with Crippen LogP contribution in [0.2, 0.25) is 0 Å². The summed E-state index contributed by atoms with van der Waals surface area (Å²) in [4.78, 5) is 10.1. The Morgan fingerprint density at radius 1 is 1.57 bits per heavy atom. The lowest BCUT2D eigenvalue weighted by Gasteiger charge is -2.12. The van der Waals surface area contributed by atoms with Gasteiger partial charge in [-0.15, -0.1) is 0 Å². The number of nitrogens with one attached hydrogen (secondary N) is 1. The summed E-state index contributed by atoms with van der Waals surface area (Å²) in [7, 11) is 3.77. The lowest BCUT2D eigenvalue weighted by Crippen LogP contribution is -2.18. The molecule has 1 atom stereocenters. The minimum absolute atomic E-state index is 0.382. The SMILES string of the molecule is CC(O)CNc1ccnc(N(C)C)n1. The first-order valence-electron chi connectivity index (χ1n) is 4.52. The second kappa shape index (κ2) is 4.76. The molecule has 0 saturated heterocycles. The summed E-state index contributed by atoms with van der Waals surface area (Å²) in [5, 5.41) is 12.1. The molecular formula is C9H16N4O. The Morgan fingerprint density at radius 3 is 2.86 bits per heavy atom. The third-order valence-corrected chi connectivity index (χ3v) is 1.62. The normalized spacial score (nSPS) is 12.3. The van der Waals surface area contributed by atoms with Gasteiger partial charge in [0.2, 0.25) is 5.95 Å². The third kappa shape index (κ3) is 3.18. The van der Waals surface area contributed by atoms with E-state index in [1.54, 1.807) is 19.2 Å². The standard InChI is InChI=1S/C9H16N4O/c1-7(14)6-11-8-4-5-10-9(12-8)13(2)3/h4-5,7,14H,6H2,1-3H3,(H,10,11,12). The number of hydrogen-bond donors (Lipinski definition) is 2. The van der Waals surface area contributed by atoms with Crippen LogP contribution in [0.1, 0.15) is 6.92 Å². The first kappa shape index (κ1) is 10.7. The van der Waals surface area contributed by atoms with Crippen LogP contribution in [0.4, 0.5) is 11.8 Å². The average Bonchev–Trinajstić information content (AvgIpc) is 2.15. The maximum atomic E-state index is 9.08. The highest BCUT2D eigenvalue weighted by atomic mass is 16.3. The van der Waals surface area contributed by atoms with Crippen molar-refractivity contribution in [3.8, 4) is 0 Å². The van der Waals surface area contributed by atoms with Crippen molar-refractivity contribution in [2.45, 2.75) is 13.0 Å². The number of hydrogen-bond acceptors (Lipinski definition) is 5. The summed E-state index contributed by atoms with van der Waals surface area (Å²) in [6.07, 6.45) is 1.31. The lowest BCUT2D eigenvalue weighted by molar-refractivity contribution is 0.208. The van der Waals surface area contributed by atoms with Gasteiger partial charge in [0.1, 0.15) is 5.82 Å². The molecule has 1 heterocycles. The Balaban J connectivity index is 2.64. The van der Waals surface area contributed by atoms with Gasteiger partial charge in [-0.25, -0.2) is 4.98 Å². The zero-order valence-corrected chi connectivity index (χ0v) is 8.73. The molecule has 1 aromatic heterocycles. The van der Waals surface area contributed by atoms with Gasteiger partial charge in [-0.05, 0) is 13.0 Å². The fourth-order valence-electron chi connectivity index (χ4n) is 0.915. The molecule has 0 amide bonds. The Kier molecular flexibility index (Phi) is 3.64. The molecule has 0 saturated carbocycles. The van der Waals surface area contributed by atoms with Gasteiger partial charge in [0, 0.05) is 26.8 Å². The number of anilines is 2. The molecule has 1 aromatic rings. The van der Waals surface area contributed by atoms with Gasteiger partial charge in [-0.3, -0.25) is 0 Å². The minimum Gasteiger partial charge on any atom is -0.392 e. The van der Waals surface area contributed by atoms with E-state index in [-0.39, 0.29) is 6.10 Å². The lowest BCUT2D eigenvalue weighted by atomic mass is 10.4. The zero-order valence-electron chi connectivity index (χ0n) is 8.73. The Bertz CT molecular complexity index is 288. The van der Waals surface area contributed by atoms with Crippen molar-refractivity contribution in [1.29, 1.82) is 0 Å². The molecule has 0 fully saturated rings. The summed E-state index contributed by atoms with van der Waals surface area (Å²) in [5.74, 6) is 1.38. The smallest absolute Gasteiger partial charge is 0.226 e. The van der Waals surface area contributed by atoms with Crippen LogP contribution < -0.4 is 10.2 Å². The molecule has 0 bridgehead atoms. The number of nitrogens with zero attached hydrogens (tertiary/aromatic N) is 3. The molecule has 2 N–H and O–H groups in total. The predicted octanol–water partition coefficient (Wildman–Crippen LogP) is 0.335. The number of rotatable bonds is 4. The molecule has 0 aromatic carbocycles. The van der Waals surface area contributed by atoms with E-state index in [1.807, 2.05) is 19.0 Å². The van der Waals surface area contributed by atoms with Crippen molar-refractivity contribution in [2.24, 2.45) is 0 Å². The van der Waals surface area contributed by atoms with Crippen LogP contribution in [0.3, 0.4) is 0 Å². The topological polar surface area (TPSA) is 61.3 Å². The number of aliphatic hydroxyl groups is 1. The van der Waals surface area contributed by atoms with E-state index in [9.17, 15) is 0 Å². The fourth-order valence-corrected chi connectivity index (χ4v) is 0.915. The molecule has 0 spiro atoms. The molecular weight excluding hydrogens is 180 g/mol. The van der Waals surface area contributed by atoms with Crippen LogP contribution >= 0.6 is 0 Å². The summed E-state index contributed by atoms with van der Waals surface area (Å²) in [5.41, 5.74) is 0. The van der Waals surface area contributed by atoms with Crippen LogP contribution in [0.5, 0.6) is 0 Å². The van der Waals surface area contributed by atoms with Crippen LogP contribution in [-0.4, -0.2) is 41.8 Å². The third-order valence-electron chi connectivity index (χ3n) is 1.62. The minimum atomic E-state index is -0.382. The van der Waals surface area contributed by atoms with E-state index in [0.29, 0.717) is 12.5 Å². The second-order valence-electron chi connectivity index (χ2n) is 3.37. The Morgan fingerprint density at radius 2 is 2.29 bits per heavy atom. The van der Waals surface area contributed by atoms with Gasteiger partial charge >= 0.3 is 0 Å². The monoisotopic (exact) mass is 196 g/mol. The fraction of sp³-hybridized carbons (Fsp3) is 0.556. The number of aliphatic hydroxyl groups excluding tert-OH is 1. The van der Waals surface area contributed by atoms with Crippen molar-refractivity contribution < 1.29 is 5.11 Å². The van der Waals surface area contributed by atoms with E-state index in [2.05, 4.69) is 15.3 Å². The molecule has 78 valence electrons. The van der Waals surface area contributed by atoms with E-state index >= 15 is 0 Å². The van der Waals surface area contributed by atoms with Crippen molar-refractivity contribution in [3.63, 3.8) is 0 Å². The van der Waals surface area contributed by atoms with Crippen LogP contribution in [-0.2, 0) is 0 Å². The maximum Gasteiger partial charge on any atom is 0.226 e. The van der Waals surface area contributed by atoms with E-state index < -0.39 is 0 Å². The first-order chi connectivity index (χ1) is 6.59. The van der Waals surface area contributed by atoms with Crippen LogP contribution in [0.25, 0.3) is 0 Å². The number of aromatic nitrogens is 2.